The number of nitrogens with one attached hydrogen (secondary N) is 1. The van der Waals surface area contributed by atoms with Crippen LogP contribution in [-0.4, -0.2) is 31.8 Å². The highest BCUT2D eigenvalue weighted by Crippen LogP contribution is 2.14. The molecular formula is C19H21NO5. The Bertz CT molecular complexity index is 685. The number of hydrogen-bond acceptors (Lipinski definition) is 5. The molecule has 1 amide bonds. The number of ether oxygens (including phenoxy) is 3. The Labute approximate surface area is 146 Å². The van der Waals surface area contributed by atoms with Crippen molar-refractivity contribution in [3.05, 3.63) is 65.7 Å². The minimum absolute atomic E-state index is 0.210. The Hall–Kier alpha value is -2.86. The molecule has 1 N–H and O–H groups in total. The predicted molar refractivity (Wildman–Crippen MR) is 92.1 cm³/mol. The fraction of sp³-hybridized carbons (Fsp3) is 0.263. The minimum atomic E-state index is -1.14. The van der Waals surface area contributed by atoms with E-state index in [4.69, 9.17) is 14.2 Å². The van der Waals surface area contributed by atoms with E-state index in [1.165, 1.54) is 7.11 Å². The lowest BCUT2D eigenvalue weighted by Gasteiger charge is -2.15. The summed E-state index contributed by atoms with van der Waals surface area (Å²) < 4.78 is 15.4. The van der Waals surface area contributed by atoms with Crippen LogP contribution in [-0.2, 0) is 20.9 Å². The van der Waals surface area contributed by atoms with Crippen LogP contribution in [0.25, 0.3) is 0 Å². The van der Waals surface area contributed by atoms with Crippen LogP contribution in [0.15, 0.2) is 54.6 Å². The summed E-state index contributed by atoms with van der Waals surface area (Å²) in [5.74, 6) is -0.426. The van der Waals surface area contributed by atoms with Crippen molar-refractivity contribution in [2.45, 2.75) is 19.8 Å². The van der Waals surface area contributed by atoms with Gasteiger partial charge in [0.15, 0.2) is 0 Å². The first kappa shape index (κ1) is 18.5. The van der Waals surface area contributed by atoms with E-state index >= 15 is 0 Å². The van der Waals surface area contributed by atoms with Gasteiger partial charge < -0.3 is 19.5 Å². The van der Waals surface area contributed by atoms with E-state index in [0.717, 1.165) is 5.56 Å². The first-order valence-electron chi connectivity index (χ1n) is 7.91. The lowest BCUT2D eigenvalue weighted by molar-refractivity contribution is -0.156. The molecule has 0 radical (unpaired) electrons. The number of carbonyl (C=O) groups is 2. The van der Waals surface area contributed by atoms with Crippen molar-refractivity contribution in [1.29, 1.82) is 0 Å². The second-order valence-electron chi connectivity index (χ2n) is 5.14. The molecule has 0 aliphatic rings. The molecule has 1 atom stereocenters. The molecule has 6 nitrogen and oxygen atoms in total. The van der Waals surface area contributed by atoms with Gasteiger partial charge in [-0.3, -0.25) is 4.79 Å². The summed E-state index contributed by atoms with van der Waals surface area (Å²) in [6.45, 7) is 2.34. The van der Waals surface area contributed by atoms with Crippen LogP contribution in [0.5, 0.6) is 5.75 Å². The molecule has 2 rings (SSSR count). The third kappa shape index (κ3) is 5.61. The largest absolute Gasteiger partial charge is 0.489 e. The predicted octanol–water partition coefficient (Wildman–Crippen LogP) is 2.53. The zero-order valence-electron chi connectivity index (χ0n) is 14.2. The maximum absolute atomic E-state index is 12.2. The fourth-order valence-corrected chi connectivity index (χ4v) is 2.08. The van der Waals surface area contributed by atoms with Crippen molar-refractivity contribution in [2.75, 3.05) is 13.7 Å². The van der Waals surface area contributed by atoms with E-state index in [1.54, 1.807) is 31.2 Å². The van der Waals surface area contributed by atoms with Crippen LogP contribution in [0.1, 0.15) is 22.8 Å². The van der Waals surface area contributed by atoms with Crippen molar-refractivity contribution in [3.8, 4) is 5.75 Å². The molecule has 0 aromatic heterocycles. The SMILES string of the molecule is CCOC(=O)C(NC(=O)c1ccc(OCc2ccccc2)cc1)OC. The zero-order valence-corrected chi connectivity index (χ0v) is 14.2. The van der Waals surface area contributed by atoms with Gasteiger partial charge in [-0.1, -0.05) is 30.3 Å². The summed E-state index contributed by atoms with van der Waals surface area (Å²) in [5, 5.41) is 2.47. The quantitative estimate of drug-likeness (QED) is 0.589. The molecule has 0 aliphatic carbocycles. The monoisotopic (exact) mass is 343 g/mol. The number of rotatable bonds is 8. The number of carbonyl (C=O) groups excluding carboxylic acids is 2. The molecule has 1 unspecified atom stereocenters. The summed E-state index contributed by atoms with van der Waals surface area (Å²) in [7, 11) is 1.32. The van der Waals surface area contributed by atoms with E-state index in [2.05, 4.69) is 5.32 Å². The van der Waals surface area contributed by atoms with Crippen molar-refractivity contribution in [2.24, 2.45) is 0 Å². The first-order chi connectivity index (χ1) is 12.1. The number of esters is 1. The highest BCUT2D eigenvalue weighted by Gasteiger charge is 2.21. The van der Waals surface area contributed by atoms with Gasteiger partial charge in [-0.2, -0.15) is 0 Å². The van der Waals surface area contributed by atoms with Crippen molar-refractivity contribution in [1.82, 2.24) is 5.32 Å². The summed E-state index contributed by atoms with van der Waals surface area (Å²) in [6, 6.07) is 16.4. The van der Waals surface area contributed by atoms with Crippen LogP contribution in [0, 0.1) is 0 Å². The molecule has 2 aromatic rings. The molecule has 0 bridgehead atoms. The van der Waals surface area contributed by atoms with Gasteiger partial charge >= 0.3 is 5.97 Å². The topological polar surface area (TPSA) is 73.9 Å². The Morgan fingerprint density at radius 1 is 1.04 bits per heavy atom. The molecule has 0 spiro atoms. The number of amides is 1. The van der Waals surface area contributed by atoms with Crippen LogP contribution in [0.2, 0.25) is 0 Å². The molecule has 0 saturated heterocycles. The number of methoxy groups -OCH3 is 1. The number of hydrogen-bond donors (Lipinski definition) is 1. The van der Waals surface area contributed by atoms with Gasteiger partial charge in [0.25, 0.3) is 5.91 Å². The molecule has 6 heteroatoms. The Balaban J connectivity index is 1.92. The summed E-state index contributed by atoms with van der Waals surface area (Å²) in [4.78, 5) is 23.8. The van der Waals surface area contributed by atoms with E-state index in [0.29, 0.717) is 17.9 Å². The van der Waals surface area contributed by atoms with Gasteiger partial charge in [0, 0.05) is 12.7 Å². The lowest BCUT2D eigenvalue weighted by atomic mass is 10.2. The van der Waals surface area contributed by atoms with E-state index in [1.807, 2.05) is 30.3 Å². The highest BCUT2D eigenvalue weighted by molar-refractivity contribution is 5.96. The summed E-state index contributed by atoms with van der Waals surface area (Å²) in [5.41, 5.74) is 1.44. The molecule has 0 fully saturated rings. The smallest absolute Gasteiger partial charge is 0.356 e. The van der Waals surface area contributed by atoms with Gasteiger partial charge in [0.05, 0.1) is 6.61 Å². The average molecular weight is 343 g/mol. The molecule has 0 aliphatic heterocycles. The van der Waals surface area contributed by atoms with Gasteiger partial charge in [0.1, 0.15) is 12.4 Å². The van der Waals surface area contributed by atoms with Crippen molar-refractivity contribution in [3.63, 3.8) is 0 Å². The van der Waals surface area contributed by atoms with E-state index < -0.39 is 18.1 Å². The molecule has 25 heavy (non-hydrogen) atoms. The Morgan fingerprint density at radius 3 is 2.32 bits per heavy atom. The van der Waals surface area contributed by atoms with E-state index in [9.17, 15) is 9.59 Å². The van der Waals surface area contributed by atoms with Crippen molar-refractivity contribution >= 4 is 11.9 Å². The second-order valence-corrected chi connectivity index (χ2v) is 5.14. The fourth-order valence-electron chi connectivity index (χ4n) is 2.08. The average Bonchev–Trinajstić information content (AvgIpc) is 2.65. The van der Waals surface area contributed by atoms with Crippen LogP contribution in [0.4, 0.5) is 0 Å². The third-order valence-corrected chi connectivity index (χ3v) is 3.36. The van der Waals surface area contributed by atoms with Crippen LogP contribution in [0.3, 0.4) is 0 Å². The highest BCUT2D eigenvalue weighted by atomic mass is 16.6. The second kappa shape index (κ2) is 9.44. The first-order valence-corrected chi connectivity index (χ1v) is 7.91. The van der Waals surface area contributed by atoms with E-state index in [-0.39, 0.29) is 6.61 Å². The third-order valence-electron chi connectivity index (χ3n) is 3.36. The van der Waals surface area contributed by atoms with Gasteiger partial charge in [-0.15, -0.1) is 0 Å². The molecule has 2 aromatic carbocycles. The van der Waals surface area contributed by atoms with Crippen LogP contribution >= 0.6 is 0 Å². The van der Waals surface area contributed by atoms with Gasteiger partial charge in [0.2, 0.25) is 6.23 Å². The number of benzene rings is 2. The zero-order chi connectivity index (χ0) is 18.1. The molecule has 0 saturated carbocycles. The Morgan fingerprint density at radius 2 is 1.72 bits per heavy atom. The Kier molecular flexibility index (Phi) is 6.98. The maximum Gasteiger partial charge on any atom is 0.356 e. The minimum Gasteiger partial charge on any atom is -0.489 e. The van der Waals surface area contributed by atoms with Gasteiger partial charge in [-0.25, -0.2) is 4.79 Å². The molecular weight excluding hydrogens is 322 g/mol. The summed E-state index contributed by atoms with van der Waals surface area (Å²) in [6.07, 6.45) is -1.14. The van der Waals surface area contributed by atoms with Crippen LogP contribution < -0.4 is 10.1 Å². The summed E-state index contributed by atoms with van der Waals surface area (Å²) >= 11 is 0. The standard InChI is InChI=1S/C19H21NO5/c1-3-24-19(22)18(23-2)20-17(21)15-9-11-16(12-10-15)25-13-14-7-5-4-6-8-14/h4-12,18H,3,13H2,1-2H3,(H,20,21). The normalized spacial score (nSPS) is 11.4. The molecule has 0 heterocycles. The van der Waals surface area contributed by atoms with Gasteiger partial charge in [-0.05, 0) is 36.8 Å². The van der Waals surface area contributed by atoms with Crippen molar-refractivity contribution < 1.29 is 23.8 Å². The molecule has 132 valence electrons. The maximum atomic E-state index is 12.2. The lowest BCUT2D eigenvalue weighted by Crippen LogP contribution is -2.43.